The predicted octanol–water partition coefficient (Wildman–Crippen LogP) is 4.86. The summed E-state index contributed by atoms with van der Waals surface area (Å²) in [6.07, 6.45) is 1.04. The van der Waals surface area contributed by atoms with Gasteiger partial charge in [-0.1, -0.05) is 48.0 Å². The van der Waals surface area contributed by atoms with E-state index < -0.39 is 0 Å². The highest BCUT2D eigenvalue weighted by atomic mass is 32.2. The lowest BCUT2D eigenvalue weighted by atomic mass is 10.1. The van der Waals surface area contributed by atoms with Crippen LogP contribution in [0.15, 0.2) is 59.5 Å². The van der Waals surface area contributed by atoms with Gasteiger partial charge >= 0.3 is 0 Å². The van der Waals surface area contributed by atoms with E-state index in [0.717, 1.165) is 40.7 Å². The lowest BCUT2D eigenvalue weighted by molar-refractivity contribution is 0.251. The summed E-state index contributed by atoms with van der Waals surface area (Å²) in [5.41, 5.74) is 4.48. The first-order valence-electron chi connectivity index (χ1n) is 8.48. The summed E-state index contributed by atoms with van der Waals surface area (Å²) in [5.74, 6) is 2.41. The molecule has 0 radical (unpaired) electrons. The van der Waals surface area contributed by atoms with Crippen LogP contribution in [-0.2, 0) is 6.42 Å². The van der Waals surface area contributed by atoms with Gasteiger partial charge in [0, 0.05) is 33.9 Å². The minimum atomic E-state index is 0.153. The van der Waals surface area contributed by atoms with Gasteiger partial charge in [-0.25, -0.2) is 4.98 Å². The number of nitrogens with zero attached hydrogens (tertiary/aromatic N) is 2. The highest BCUT2D eigenvalue weighted by Gasteiger charge is 2.27. The number of aryl methyl sites for hydroxylation is 2. The molecule has 1 atom stereocenters. The molecule has 4 rings (SSSR count). The molecule has 1 unspecified atom stereocenters. The second-order valence-corrected chi connectivity index (χ2v) is 7.44. The van der Waals surface area contributed by atoms with Crippen molar-refractivity contribution >= 4 is 11.8 Å². The molecule has 0 spiro atoms. The van der Waals surface area contributed by atoms with Crippen LogP contribution in [0.5, 0.6) is 5.88 Å². The van der Waals surface area contributed by atoms with Crippen LogP contribution in [0, 0.1) is 13.8 Å². The van der Waals surface area contributed by atoms with Crippen LogP contribution in [-0.4, -0.2) is 21.8 Å². The summed E-state index contributed by atoms with van der Waals surface area (Å²) in [4.78, 5) is 10.6. The Balaban J connectivity index is 1.48. The molecule has 0 fully saturated rings. The smallest absolute Gasteiger partial charge is 0.220 e. The van der Waals surface area contributed by atoms with E-state index in [-0.39, 0.29) is 6.10 Å². The van der Waals surface area contributed by atoms with Gasteiger partial charge in [0.2, 0.25) is 5.88 Å². The van der Waals surface area contributed by atoms with Gasteiger partial charge in [0.25, 0.3) is 0 Å². The zero-order chi connectivity index (χ0) is 17.2. The minimum Gasteiger partial charge on any atom is -0.473 e. The Morgan fingerprint density at radius 3 is 2.52 bits per heavy atom. The van der Waals surface area contributed by atoms with E-state index in [1.807, 2.05) is 49.0 Å². The van der Waals surface area contributed by atoms with E-state index in [1.54, 1.807) is 0 Å². The van der Waals surface area contributed by atoms with E-state index in [1.165, 1.54) is 10.5 Å². The van der Waals surface area contributed by atoms with Gasteiger partial charge in [0.1, 0.15) is 6.10 Å². The van der Waals surface area contributed by atoms with Crippen LogP contribution in [0.1, 0.15) is 16.8 Å². The van der Waals surface area contributed by atoms with E-state index >= 15 is 0 Å². The molecular weight excluding hydrogens is 328 g/mol. The number of rotatable bonds is 4. The third-order valence-corrected chi connectivity index (χ3v) is 5.52. The van der Waals surface area contributed by atoms with E-state index in [0.29, 0.717) is 0 Å². The number of ether oxygens (including phenoxy) is 1. The summed E-state index contributed by atoms with van der Waals surface area (Å²) in [7, 11) is 0. The molecule has 3 aromatic rings. The van der Waals surface area contributed by atoms with Crippen molar-refractivity contribution in [1.82, 2.24) is 9.97 Å². The maximum atomic E-state index is 6.12. The Morgan fingerprint density at radius 1 is 1.00 bits per heavy atom. The molecule has 1 aliphatic rings. The van der Waals surface area contributed by atoms with Crippen molar-refractivity contribution in [2.45, 2.75) is 31.3 Å². The van der Waals surface area contributed by atoms with Gasteiger partial charge in [0.05, 0.1) is 0 Å². The zero-order valence-corrected chi connectivity index (χ0v) is 15.2. The lowest BCUT2D eigenvalue weighted by Crippen LogP contribution is -2.16. The minimum absolute atomic E-state index is 0.153. The van der Waals surface area contributed by atoms with Gasteiger partial charge in [0.15, 0.2) is 5.82 Å². The molecule has 0 aliphatic carbocycles. The van der Waals surface area contributed by atoms with Gasteiger partial charge in [-0.2, -0.15) is 4.98 Å². The van der Waals surface area contributed by atoms with Crippen molar-refractivity contribution in [2.24, 2.45) is 0 Å². The second kappa shape index (κ2) is 6.89. The van der Waals surface area contributed by atoms with Crippen molar-refractivity contribution in [2.75, 3.05) is 5.75 Å². The first-order chi connectivity index (χ1) is 12.2. The van der Waals surface area contributed by atoms with Crippen LogP contribution in [0.3, 0.4) is 0 Å². The molecular formula is C21H20N2OS. The largest absolute Gasteiger partial charge is 0.473 e. The Bertz CT molecular complexity index is 878. The van der Waals surface area contributed by atoms with Crippen molar-refractivity contribution in [3.8, 4) is 17.3 Å². The second-order valence-electron chi connectivity index (χ2n) is 6.35. The molecule has 1 aliphatic heterocycles. The van der Waals surface area contributed by atoms with Crippen LogP contribution >= 0.6 is 11.8 Å². The molecule has 3 nitrogen and oxygen atoms in total. The number of hydrogen-bond acceptors (Lipinski definition) is 4. The van der Waals surface area contributed by atoms with E-state index in [4.69, 9.17) is 4.74 Å². The first kappa shape index (κ1) is 16.2. The summed E-state index contributed by atoms with van der Waals surface area (Å²) >= 11 is 1.83. The maximum Gasteiger partial charge on any atom is 0.220 e. The fraction of sp³-hybridized carbons (Fsp3) is 0.238. The third kappa shape index (κ3) is 3.54. The van der Waals surface area contributed by atoms with Gasteiger partial charge in [-0.3, -0.25) is 0 Å². The monoisotopic (exact) mass is 348 g/mol. The summed E-state index contributed by atoms with van der Waals surface area (Å²) < 4.78 is 6.12. The van der Waals surface area contributed by atoms with Crippen LogP contribution < -0.4 is 4.74 Å². The molecule has 4 heteroatoms. The Kier molecular flexibility index (Phi) is 4.45. The zero-order valence-electron chi connectivity index (χ0n) is 14.4. The molecule has 0 amide bonds. The normalized spacial score (nSPS) is 15.7. The van der Waals surface area contributed by atoms with E-state index in [2.05, 4.69) is 41.2 Å². The Labute approximate surface area is 152 Å². The van der Waals surface area contributed by atoms with E-state index in [9.17, 15) is 0 Å². The number of benzene rings is 2. The van der Waals surface area contributed by atoms with Gasteiger partial charge in [-0.05, 0) is 26.0 Å². The highest BCUT2D eigenvalue weighted by Crippen LogP contribution is 2.33. The molecule has 2 heterocycles. The first-order valence-corrected chi connectivity index (χ1v) is 9.46. The molecule has 2 aromatic carbocycles. The number of thioether (sulfide) groups is 1. The highest BCUT2D eigenvalue weighted by molar-refractivity contribution is 7.99. The third-order valence-electron chi connectivity index (χ3n) is 4.37. The van der Waals surface area contributed by atoms with Crippen molar-refractivity contribution in [3.63, 3.8) is 0 Å². The molecule has 1 aromatic heterocycles. The van der Waals surface area contributed by atoms with Crippen LogP contribution in [0.4, 0.5) is 0 Å². The van der Waals surface area contributed by atoms with Crippen LogP contribution in [0.25, 0.3) is 11.4 Å². The van der Waals surface area contributed by atoms with Crippen LogP contribution in [0.2, 0.25) is 0 Å². The predicted molar refractivity (Wildman–Crippen MR) is 102 cm³/mol. The molecule has 0 saturated heterocycles. The fourth-order valence-electron chi connectivity index (χ4n) is 2.96. The Hall–Kier alpha value is -2.33. The Morgan fingerprint density at radius 2 is 1.76 bits per heavy atom. The van der Waals surface area contributed by atoms with Crippen molar-refractivity contribution < 1.29 is 4.74 Å². The molecule has 126 valence electrons. The SMILES string of the molecule is Cc1ccc(SCC2Cc3c(C)nc(-c4ccccc4)nc3O2)cc1. The summed E-state index contributed by atoms with van der Waals surface area (Å²) in [6.45, 7) is 4.16. The quantitative estimate of drug-likeness (QED) is 0.631. The van der Waals surface area contributed by atoms with Gasteiger partial charge < -0.3 is 4.74 Å². The average molecular weight is 348 g/mol. The van der Waals surface area contributed by atoms with Gasteiger partial charge in [-0.15, -0.1) is 11.8 Å². The molecule has 25 heavy (non-hydrogen) atoms. The standard InChI is InChI=1S/C21H20N2OS/c1-14-8-10-18(11-9-14)25-13-17-12-19-15(2)22-20(23-21(19)24-17)16-6-4-3-5-7-16/h3-11,17H,12-13H2,1-2H3. The average Bonchev–Trinajstić information content (AvgIpc) is 3.06. The summed E-state index contributed by atoms with van der Waals surface area (Å²) in [6, 6.07) is 18.7. The maximum absolute atomic E-state index is 6.12. The van der Waals surface area contributed by atoms with Crippen molar-refractivity contribution in [3.05, 3.63) is 71.4 Å². The molecule has 0 N–H and O–H groups in total. The lowest BCUT2D eigenvalue weighted by Gasteiger charge is -2.10. The van der Waals surface area contributed by atoms with Crippen molar-refractivity contribution in [1.29, 1.82) is 0 Å². The molecule has 0 bridgehead atoms. The number of fused-ring (bicyclic) bond motifs is 1. The number of hydrogen-bond donors (Lipinski definition) is 0. The topological polar surface area (TPSA) is 35.0 Å². The summed E-state index contributed by atoms with van der Waals surface area (Å²) in [5, 5.41) is 0. The molecule has 0 saturated carbocycles. The number of aromatic nitrogens is 2. The fourth-order valence-corrected chi connectivity index (χ4v) is 3.86.